The van der Waals surface area contributed by atoms with E-state index in [1.807, 2.05) is 11.0 Å². The summed E-state index contributed by atoms with van der Waals surface area (Å²) in [4.78, 5) is 34.0. The summed E-state index contributed by atoms with van der Waals surface area (Å²) in [6.07, 6.45) is 3.02. The van der Waals surface area contributed by atoms with Crippen molar-refractivity contribution in [1.29, 1.82) is 0 Å². The van der Waals surface area contributed by atoms with Gasteiger partial charge in [0.25, 0.3) is 5.91 Å². The number of nitrogens with one attached hydrogen (secondary N) is 2. The molecule has 0 saturated carbocycles. The minimum Gasteiger partial charge on any atom is -0.339 e. The number of H-pyrrole nitrogens is 2. The Labute approximate surface area is 176 Å². The van der Waals surface area contributed by atoms with Crippen LogP contribution in [0.2, 0.25) is 0 Å². The first-order valence-corrected chi connectivity index (χ1v) is 9.85. The molecule has 2 aromatic carbocycles. The van der Waals surface area contributed by atoms with Gasteiger partial charge in [-0.1, -0.05) is 30.3 Å². The molecule has 1 amide bonds. The number of aromatic nitrogens is 2. The van der Waals surface area contributed by atoms with Crippen LogP contribution in [0, 0.1) is 0 Å². The number of likely N-dealkylation sites (tertiary alicyclic amines) is 1. The van der Waals surface area contributed by atoms with Gasteiger partial charge in [-0.25, -0.2) is 4.79 Å². The van der Waals surface area contributed by atoms with E-state index in [1.54, 1.807) is 18.2 Å². The van der Waals surface area contributed by atoms with Crippen LogP contribution in [0.5, 0.6) is 0 Å². The number of aromatic amines is 2. The third-order valence-corrected chi connectivity index (χ3v) is 5.73. The number of halogens is 1. The number of benzene rings is 2. The molecule has 154 valence electrons. The second-order valence-corrected chi connectivity index (χ2v) is 7.58. The van der Waals surface area contributed by atoms with E-state index in [0.29, 0.717) is 17.1 Å². The number of fused-ring (bicyclic) bond motifs is 1. The molecule has 2 heterocycles. The van der Waals surface area contributed by atoms with Gasteiger partial charge in [-0.15, -0.1) is 12.4 Å². The number of nitrogens with zero attached hydrogens (tertiary/aromatic N) is 2. The molecule has 4 rings (SSSR count). The fraction of sp³-hybridized carbons (Fsp3) is 0.364. The summed E-state index contributed by atoms with van der Waals surface area (Å²) < 4.78 is 0. The van der Waals surface area contributed by atoms with E-state index in [0.717, 1.165) is 44.4 Å². The Bertz CT molecular complexity index is 1010. The fourth-order valence-corrected chi connectivity index (χ4v) is 3.99. The molecule has 0 atom stereocenters. The van der Waals surface area contributed by atoms with Gasteiger partial charge in [0, 0.05) is 31.2 Å². The minimum absolute atomic E-state index is 0. The molecule has 0 spiro atoms. The average molecular weight is 415 g/mol. The molecule has 2 N–H and O–H groups in total. The number of likely N-dealkylation sites (N-methyl/N-ethyl adjacent to an activating group) is 1. The minimum atomic E-state index is -0.251. The maximum Gasteiger partial charge on any atom is 0.323 e. The summed E-state index contributed by atoms with van der Waals surface area (Å²) in [5.74, 6) is 0.0364. The monoisotopic (exact) mass is 414 g/mol. The highest BCUT2D eigenvalue weighted by Gasteiger charge is 2.26. The summed E-state index contributed by atoms with van der Waals surface area (Å²) >= 11 is 0. The first-order chi connectivity index (χ1) is 13.6. The molecule has 1 fully saturated rings. The lowest BCUT2D eigenvalue weighted by Crippen LogP contribution is -2.46. The Morgan fingerprint density at radius 3 is 2.48 bits per heavy atom. The largest absolute Gasteiger partial charge is 0.339 e. The Balaban J connectivity index is 0.00000240. The maximum absolute atomic E-state index is 12.8. The van der Waals surface area contributed by atoms with Crippen molar-refractivity contribution in [2.45, 2.75) is 25.3 Å². The van der Waals surface area contributed by atoms with Crippen LogP contribution in [0.15, 0.2) is 53.3 Å². The molecule has 1 aromatic heterocycles. The molecule has 0 bridgehead atoms. The van der Waals surface area contributed by atoms with Gasteiger partial charge < -0.3 is 19.8 Å². The van der Waals surface area contributed by atoms with Crippen molar-refractivity contribution >= 4 is 29.3 Å². The van der Waals surface area contributed by atoms with Gasteiger partial charge >= 0.3 is 5.69 Å². The lowest BCUT2D eigenvalue weighted by Gasteiger charge is -2.37. The van der Waals surface area contributed by atoms with Crippen LogP contribution in [0.1, 0.15) is 28.8 Å². The second-order valence-electron chi connectivity index (χ2n) is 7.58. The van der Waals surface area contributed by atoms with Gasteiger partial charge in [-0.2, -0.15) is 0 Å². The predicted molar refractivity (Wildman–Crippen MR) is 118 cm³/mol. The normalized spacial score (nSPS) is 14.9. The third kappa shape index (κ3) is 4.89. The standard InChI is InChI=1S/C22H26N4O2.ClH/c1-25(12-9-16-5-3-2-4-6-16)18-10-13-26(14-11-18)21(27)17-7-8-19-20(15-17)24-22(28)23-19;/h2-8,15,18H,9-14H2,1H3,(H2,23,24,28);1H. The van der Waals surface area contributed by atoms with Crippen molar-refractivity contribution in [2.75, 3.05) is 26.7 Å². The lowest BCUT2D eigenvalue weighted by atomic mass is 10.0. The molecule has 1 aliphatic rings. The molecular weight excluding hydrogens is 388 g/mol. The molecule has 29 heavy (non-hydrogen) atoms. The van der Waals surface area contributed by atoms with Crippen LogP contribution >= 0.6 is 12.4 Å². The first-order valence-electron chi connectivity index (χ1n) is 9.85. The van der Waals surface area contributed by atoms with E-state index in [-0.39, 0.29) is 24.0 Å². The Hall–Kier alpha value is -2.57. The van der Waals surface area contributed by atoms with Gasteiger partial charge in [-0.05, 0) is 50.1 Å². The summed E-state index contributed by atoms with van der Waals surface area (Å²) in [7, 11) is 2.18. The van der Waals surface area contributed by atoms with Crippen LogP contribution < -0.4 is 5.69 Å². The summed E-state index contributed by atoms with van der Waals surface area (Å²) in [5, 5.41) is 0. The summed E-state index contributed by atoms with van der Waals surface area (Å²) in [6, 6.07) is 16.4. The number of hydrogen-bond donors (Lipinski definition) is 2. The summed E-state index contributed by atoms with van der Waals surface area (Å²) in [6.45, 7) is 2.56. The number of amides is 1. The van der Waals surface area contributed by atoms with E-state index in [2.05, 4.69) is 46.2 Å². The number of carbonyl (C=O) groups excluding carboxylic acids is 1. The maximum atomic E-state index is 12.8. The molecule has 0 aliphatic carbocycles. The Morgan fingerprint density at radius 2 is 1.76 bits per heavy atom. The quantitative estimate of drug-likeness (QED) is 0.674. The van der Waals surface area contributed by atoms with E-state index in [1.165, 1.54) is 5.56 Å². The number of rotatable bonds is 5. The average Bonchev–Trinajstić information content (AvgIpc) is 3.11. The highest BCUT2D eigenvalue weighted by atomic mass is 35.5. The number of imidazole rings is 1. The molecule has 0 radical (unpaired) electrons. The third-order valence-electron chi connectivity index (χ3n) is 5.73. The van der Waals surface area contributed by atoms with Gasteiger partial charge in [0.2, 0.25) is 0 Å². The zero-order valence-electron chi connectivity index (χ0n) is 16.6. The van der Waals surface area contributed by atoms with Crippen LogP contribution in [0.3, 0.4) is 0 Å². The molecule has 6 nitrogen and oxygen atoms in total. The second kappa shape index (κ2) is 9.29. The number of piperidine rings is 1. The predicted octanol–water partition coefficient (Wildman–Crippen LogP) is 3.06. The fourth-order valence-electron chi connectivity index (χ4n) is 3.99. The van der Waals surface area contributed by atoms with Crippen LogP contribution in [-0.2, 0) is 6.42 Å². The summed E-state index contributed by atoms with van der Waals surface area (Å²) in [5.41, 5.74) is 3.13. The first kappa shape index (κ1) is 21.1. The van der Waals surface area contributed by atoms with Crippen molar-refractivity contribution in [2.24, 2.45) is 0 Å². The van der Waals surface area contributed by atoms with Crippen molar-refractivity contribution < 1.29 is 4.79 Å². The topological polar surface area (TPSA) is 72.2 Å². The van der Waals surface area contributed by atoms with Crippen LogP contribution in [0.25, 0.3) is 11.0 Å². The smallest absolute Gasteiger partial charge is 0.323 e. The van der Waals surface area contributed by atoms with E-state index >= 15 is 0 Å². The SMILES string of the molecule is CN(CCc1ccccc1)C1CCN(C(=O)c2ccc3[nH]c(=O)[nH]c3c2)CC1.Cl. The molecule has 0 unspecified atom stereocenters. The van der Waals surface area contributed by atoms with Crippen molar-refractivity contribution in [3.05, 3.63) is 70.1 Å². The van der Waals surface area contributed by atoms with Crippen LogP contribution in [-0.4, -0.2) is 58.4 Å². The zero-order valence-corrected chi connectivity index (χ0v) is 17.4. The molecular formula is C22H27ClN4O2. The van der Waals surface area contributed by atoms with Gasteiger partial charge in [0.05, 0.1) is 11.0 Å². The highest BCUT2D eigenvalue weighted by molar-refractivity contribution is 5.97. The van der Waals surface area contributed by atoms with E-state index in [9.17, 15) is 9.59 Å². The van der Waals surface area contributed by atoms with E-state index in [4.69, 9.17) is 0 Å². The molecule has 1 saturated heterocycles. The van der Waals surface area contributed by atoms with E-state index < -0.39 is 0 Å². The van der Waals surface area contributed by atoms with Gasteiger partial charge in [0.15, 0.2) is 0 Å². The van der Waals surface area contributed by atoms with Crippen LogP contribution in [0.4, 0.5) is 0 Å². The number of carbonyl (C=O) groups is 1. The van der Waals surface area contributed by atoms with Crippen molar-refractivity contribution in [3.63, 3.8) is 0 Å². The Morgan fingerprint density at radius 1 is 1.07 bits per heavy atom. The van der Waals surface area contributed by atoms with Gasteiger partial charge in [-0.3, -0.25) is 4.79 Å². The highest BCUT2D eigenvalue weighted by Crippen LogP contribution is 2.19. The Kier molecular flexibility index (Phi) is 6.77. The molecule has 3 aromatic rings. The van der Waals surface area contributed by atoms with Crippen molar-refractivity contribution in [3.8, 4) is 0 Å². The number of hydrogen-bond acceptors (Lipinski definition) is 3. The van der Waals surface area contributed by atoms with Crippen molar-refractivity contribution in [1.82, 2.24) is 19.8 Å². The zero-order chi connectivity index (χ0) is 19.5. The molecule has 1 aliphatic heterocycles. The lowest BCUT2D eigenvalue weighted by molar-refractivity contribution is 0.0647. The molecule has 7 heteroatoms. The van der Waals surface area contributed by atoms with Gasteiger partial charge in [0.1, 0.15) is 0 Å².